The molecule has 92 valence electrons. The molecule has 1 fully saturated rings. The summed E-state index contributed by atoms with van der Waals surface area (Å²) in [6, 6.07) is 3.83. The van der Waals surface area contributed by atoms with Gasteiger partial charge in [-0.1, -0.05) is 26.7 Å². The van der Waals surface area contributed by atoms with E-state index in [1.165, 1.54) is 12.8 Å². The van der Waals surface area contributed by atoms with Gasteiger partial charge < -0.3 is 0 Å². The van der Waals surface area contributed by atoms with Crippen molar-refractivity contribution in [1.29, 1.82) is 0 Å². The Balaban J connectivity index is 2.21. The number of hydrogen-bond donors (Lipinski definition) is 0. The molecule has 17 heavy (non-hydrogen) atoms. The van der Waals surface area contributed by atoms with Crippen LogP contribution in [0.3, 0.4) is 0 Å². The highest BCUT2D eigenvalue weighted by Crippen LogP contribution is 2.42. The highest BCUT2D eigenvalue weighted by Gasteiger charge is 2.37. The van der Waals surface area contributed by atoms with Crippen LogP contribution in [-0.4, -0.2) is 10.8 Å². The van der Waals surface area contributed by atoms with E-state index in [9.17, 15) is 4.79 Å². The SMILES string of the molecule is Cc1ccc(C(=O)C2CCCCC2(C)C)cn1. The zero-order valence-electron chi connectivity index (χ0n) is 11.0. The first-order valence-corrected chi connectivity index (χ1v) is 6.47. The maximum absolute atomic E-state index is 12.5. The van der Waals surface area contributed by atoms with Crippen LogP contribution in [0.4, 0.5) is 0 Å². The molecule has 0 spiro atoms. The third kappa shape index (κ3) is 2.56. The lowest BCUT2D eigenvalue weighted by Gasteiger charge is -2.37. The van der Waals surface area contributed by atoms with E-state index < -0.39 is 0 Å². The lowest BCUT2D eigenvalue weighted by molar-refractivity contribution is 0.0697. The molecule has 1 heterocycles. The molecular formula is C15H21NO. The molecule has 1 aliphatic carbocycles. The summed E-state index contributed by atoms with van der Waals surface area (Å²) < 4.78 is 0. The van der Waals surface area contributed by atoms with Crippen LogP contribution in [0.15, 0.2) is 18.3 Å². The van der Waals surface area contributed by atoms with Crippen LogP contribution in [0.25, 0.3) is 0 Å². The van der Waals surface area contributed by atoms with Gasteiger partial charge >= 0.3 is 0 Å². The first-order chi connectivity index (χ1) is 8.00. The van der Waals surface area contributed by atoms with E-state index in [1.807, 2.05) is 19.1 Å². The number of pyridine rings is 1. The van der Waals surface area contributed by atoms with Crippen molar-refractivity contribution in [2.45, 2.75) is 46.5 Å². The quantitative estimate of drug-likeness (QED) is 0.725. The summed E-state index contributed by atoms with van der Waals surface area (Å²) in [6.45, 7) is 6.38. The van der Waals surface area contributed by atoms with Crippen molar-refractivity contribution in [3.63, 3.8) is 0 Å². The Hall–Kier alpha value is -1.18. The smallest absolute Gasteiger partial charge is 0.168 e. The van der Waals surface area contributed by atoms with Gasteiger partial charge in [-0.15, -0.1) is 0 Å². The molecule has 2 nitrogen and oxygen atoms in total. The maximum Gasteiger partial charge on any atom is 0.168 e. The number of aromatic nitrogens is 1. The summed E-state index contributed by atoms with van der Waals surface area (Å²) in [5, 5.41) is 0. The van der Waals surface area contributed by atoms with Crippen LogP contribution < -0.4 is 0 Å². The minimum atomic E-state index is 0.139. The van der Waals surface area contributed by atoms with Gasteiger partial charge in [0.05, 0.1) is 0 Å². The summed E-state index contributed by atoms with van der Waals surface area (Å²) in [7, 11) is 0. The summed E-state index contributed by atoms with van der Waals surface area (Å²) in [5.74, 6) is 0.447. The molecule has 1 saturated carbocycles. The van der Waals surface area contributed by atoms with Gasteiger partial charge in [-0.2, -0.15) is 0 Å². The van der Waals surface area contributed by atoms with Crippen molar-refractivity contribution >= 4 is 5.78 Å². The maximum atomic E-state index is 12.5. The van der Waals surface area contributed by atoms with E-state index >= 15 is 0 Å². The predicted octanol–water partition coefficient (Wildman–Crippen LogP) is 3.79. The van der Waals surface area contributed by atoms with E-state index in [1.54, 1.807) is 6.20 Å². The minimum absolute atomic E-state index is 0.139. The predicted molar refractivity (Wildman–Crippen MR) is 69.0 cm³/mol. The Morgan fingerprint density at radius 3 is 2.71 bits per heavy atom. The number of rotatable bonds is 2. The van der Waals surface area contributed by atoms with Gasteiger partial charge in [0.25, 0.3) is 0 Å². The second-order valence-corrected chi connectivity index (χ2v) is 5.84. The average molecular weight is 231 g/mol. The highest BCUT2D eigenvalue weighted by atomic mass is 16.1. The number of hydrogen-bond acceptors (Lipinski definition) is 2. The summed E-state index contributed by atoms with van der Waals surface area (Å²) >= 11 is 0. The molecule has 1 aliphatic rings. The number of carbonyl (C=O) groups is 1. The van der Waals surface area contributed by atoms with Crippen molar-refractivity contribution in [2.24, 2.45) is 11.3 Å². The van der Waals surface area contributed by atoms with Crippen molar-refractivity contribution in [1.82, 2.24) is 4.98 Å². The van der Waals surface area contributed by atoms with E-state index in [-0.39, 0.29) is 17.1 Å². The average Bonchev–Trinajstić information content (AvgIpc) is 2.28. The molecule has 1 aromatic heterocycles. The van der Waals surface area contributed by atoms with Crippen LogP contribution in [0, 0.1) is 18.3 Å². The normalized spacial score (nSPS) is 23.4. The molecule has 0 radical (unpaired) electrons. The van der Waals surface area contributed by atoms with Gasteiger partial charge in [0.15, 0.2) is 5.78 Å². The standard InChI is InChI=1S/C15H21NO/c1-11-7-8-12(10-16-11)14(17)13-6-4-5-9-15(13,2)3/h7-8,10,13H,4-6,9H2,1-3H3. The monoisotopic (exact) mass is 231 g/mol. The van der Waals surface area contributed by atoms with E-state index in [0.29, 0.717) is 0 Å². The number of ketones is 1. The fraction of sp³-hybridized carbons (Fsp3) is 0.600. The number of carbonyl (C=O) groups excluding carboxylic acids is 1. The lowest BCUT2D eigenvalue weighted by atomic mass is 9.66. The Bertz CT molecular complexity index is 405. The van der Waals surface area contributed by atoms with Crippen LogP contribution in [0.5, 0.6) is 0 Å². The zero-order valence-corrected chi connectivity index (χ0v) is 11.0. The van der Waals surface area contributed by atoms with Crippen molar-refractivity contribution in [2.75, 3.05) is 0 Å². The first-order valence-electron chi connectivity index (χ1n) is 6.47. The first kappa shape index (κ1) is 12.3. The molecule has 0 bridgehead atoms. The molecule has 0 saturated heterocycles. The largest absolute Gasteiger partial charge is 0.294 e. The van der Waals surface area contributed by atoms with Gasteiger partial charge in [0.1, 0.15) is 0 Å². The minimum Gasteiger partial charge on any atom is -0.294 e. The van der Waals surface area contributed by atoms with Gasteiger partial charge in [-0.3, -0.25) is 9.78 Å². The Morgan fingerprint density at radius 2 is 2.12 bits per heavy atom. The number of nitrogens with zero attached hydrogens (tertiary/aromatic N) is 1. The Kier molecular flexibility index (Phi) is 3.32. The highest BCUT2D eigenvalue weighted by molar-refractivity contribution is 5.98. The molecule has 2 heteroatoms. The van der Waals surface area contributed by atoms with Crippen LogP contribution in [0.1, 0.15) is 55.6 Å². The van der Waals surface area contributed by atoms with E-state index in [2.05, 4.69) is 18.8 Å². The van der Waals surface area contributed by atoms with Crippen LogP contribution >= 0.6 is 0 Å². The van der Waals surface area contributed by atoms with Gasteiger partial charge in [0, 0.05) is 23.4 Å². The third-order valence-corrected chi connectivity index (χ3v) is 4.02. The second-order valence-electron chi connectivity index (χ2n) is 5.84. The fourth-order valence-corrected chi connectivity index (χ4v) is 2.79. The van der Waals surface area contributed by atoms with E-state index in [4.69, 9.17) is 0 Å². The molecule has 1 atom stereocenters. The number of aryl methyl sites for hydroxylation is 1. The fourth-order valence-electron chi connectivity index (χ4n) is 2.79. The molecule has 0 N–H and O–H groups in total. The molecule has 1 unspecified atom stereocenters. The molecule has 0 aromatic carbocycles. The molecule has 1 aromatic rings. The van der Waals surface area contributed by atoms with Gasteiger partial charge in [-0.25, -0.2) is 0 Å². The topological polar surface area (TPSA) is 30.0 Å². The lowest BCUT2D eigenvalue weighted by Crippen LogP contribution is -2.34. The number of Topliss-reactive ketones (excluding diaryl/α,β-unsaturated/α-hetero) is 1. The van der Waals surface area contributed by atoms with Crippen molar-refractivity contribution in [3.05, 3.63) is 29.6 Å². The van der Waals surface area contributed by atoms with E-state index in [0.717, 1.165) is 24.1 Å². The molecular weight excluding hydrogens is 210 g/mol. The summed E-state index contributed by atoms with van der Waals surface area (Å²) in [4.78, 5) is 16.7. The van der Waals surface area contributed by atoms with Crippen molar-refractivity contribution < 1.29 is 4.79 Å². The summed E-state index contributed by atoms with van der Waals surface area (Å²) in [5.41, 5.74) is 1.88. The van der Waals surface area contributed by atoms with Crippen LogP contribution in [-0.2, 0) is 0 Å². The second kappa shape index (κ2) is 4.59. The van der Waals surface area contributed by atoms with Crippen LogP contribution in [0.2, 0.25) is 0 Å². The molecule has 0 aliphatic heterocycles. The van der Waals surface area contributed by atoms with Gasteiger partial charge in [-0.05, 0) is 37.3 Å². The summed E-state index contributed by atoms with van der Waals surface area (Å²) in [6.07, 6.45) is 6.34. The Morgan fingerprint density at radius 1 is 1.35 bits per heavy atom. The molecule has 2 rings (SSSR count). The molecule has 0 amide bonds. The van der Waals surface area contributed by atoms with Gasteiger partial charge in [0.2, 0.25) is 0 Å². The zero-order chi connectivity index (χ0) is 12.5. The van der Waals surface area contributed by atoms with Crippen molar-refractivity contribution in [3.8, 4) is 0 Å². The Labute approximate surface area is 103 Å². The third-order valence-electron chi connectivity index (χ3n) is 4.02.